The van der Waals surface area contributed by atoms with E-state index in [1.807, 2.05) is 37.3 Å². The Morgan fingerprint density at radius 3 is 1.89 bits per heavy atom. The van der Waals surface area contributed by atoms with Crippen molar-refractivity contribution in [2.45, 2.75) is 76.1 Å². The molecular weight excluding hydrogens is 452 g/mol. The van der Waals surface area contributed by atoms with Crippen LogP contribution in [0.1, 0.15) is 58.9 Å². The second-order valence-electron chi connectivity index (χ2n) is 11.0. The van der Waals surface area contributed by atoms with Crippen molar-refractivity contribution >= 4 is 18.7 Å². The Hall–Kier alpha value is -2.28. The third kappa shape index (κ3) is 4.52. The highest BCUT2D eigenvalue weighted by Crippen LogP contribution is 2.48. The molecule has 0 bridgehead atoms. The maximum atomic E-state index is 7.40. The van der Waals surface area contributed by atoms with Gasteiger partial charge in [0, 0.05) is 18.4 Å². The summed E-state index contributed by atoms with van der Waals surface area (Å²) in [5, 5.41) is 2.50. The van der Waals surface area contributed by atoms with E-state index in [2.05, 4.69) is 81.4 Å². The summed E-state index contributed by atoms with van der Waals surface area (Å²) in [6.07, 6.45) is 3.35. The van der Waals surface area contributed by atoms with Gasteiger partial charge < -0.3 is 9.16 Å². The Bertz CT molecular complexity index is 1080. The molecule has 5 rings (SSSR count). The number of rotatable bonds is 5. The van der Waals surface area contributed by atoms with Crippen LogP contribution in [0.2, 0.25) is 5.04 Å². The van der Waals surface area contributed by atoms with Gasteiger partial charge in [-0.05, 0) is 35.2 Å². The standard InChI is InChI=1S/C30H36O4Si/c1-28(2,3)35(26-18-10-6-11-19-26,27-20-12-7-13-21-27)31-25-17-14-22-30(23-25)32-29(4,33-34-30)24-15-8-5-9-16-24/h5-13,15-16,18-21,25H,14,17,22-23H2,1-4H3/t25-,29?,30-/m1/s1. The van der Waals surface area contributed by atoms with E-state index in [9.17, 15) is 0 Å². The molecule has 0 N–H and O–H groups in total. The van der Waals surface area contributed by atoms with Crippen molar-refractivity contribution in [2.24, 2.45) is 0 Å². The van der Waals surface area contributed by atoms with Crippen molar-refractivity contribution in [2.75, 3.05) is 0 Å². The molecule has 35 heavy (non-hydrogen) atoms. The third-order valence-corrected chi connectivity index (χ3v) is 12.5. The van der Waals surface area contributed by atoms with E-state index in [1.54, 1.807) is 0 Å². The van der Waals surface area contributed by atoms with E-state index in [0.29, 0.717) is 6.42 Å². The van der Waals surface area contributed by atoms with Gasteiger partial charge in [-0.2, -0.15) is 9.78 Å². The maximum absolute atomic E-state index is 7.40. The molecule has 1 saturated heterocycles. The minimum absolute atomic E-state index is 0.00298. The third-order valence-electron chi connectivity index (χ3n) is 7.41. The van der Waals surface area contributed by atoms with Gasteiger partial charge in [-0.25, -0.2) is 0 Å². The van der Waals surface area contributed by atoms with Crippen LogP contribution < -0.4 is 10.4 Å². The van der Waals surface area contributed by atoms with Crippen molar-refractivity contribution < 1.29 is 18.9 Å². The maximum Gasteiger partial charge on any atom is 0.261 e. The molecule has 5 heteroatoms. The van der Waals surface area contributed by atoms with Gasteiger partial charge in [0.25, 0.3) is 8.32 Å². The predicted molar refractivity (Wildman–Crippen MR) is 141 cm³/mol. The highest BCUT2D eigenvalue weighted by molar-refractivity contribution is 6.99. The fourth-order valence-corrected chi connectivity index (χ4v) is 10.5. The molecular formula is C30H36O4Si. The molecule has 1 unspecified atom stereocenters. The molecule has 0 radical (unpaired) electrons. The molecule has 3 atom stereocenters. The molecule has 0 aromatic heterocycles. The summed E-state index contributed by atoms with van der Waals surface area (Å²) in [6, 6.07) is 31.6. The minimum atomic E-state index is -2.66. The van der Waals surface area contributed by atoms with Gasteiger partial charge in [-0.3, -0.25) is 0 Å². The second kappa shape index (κ2) is 9.30. The van der Waals surface area contributed by atoms with Crippen LogP contribution in [-0.2, 0) is 24.7 Å². The van der Waals surface area contributed by atoms with Gasteiger partial charge in [0.1, 0.15) is 0 Å². The predicted octanol–water partition coefficient (Wildman–Crippen LogP) is 6.05. The van der Waals surface area contributed by atoms with Crippen molar-refractivity contribution in [1.29, 1.82) is 0 Å². The van der Waals surface area contributed by atoms with Crippen molar-refractivity contribution in [1.82, 2.24) is 0 Å². The van der Waals surface area contributed by atoms with Crippen LogP contribution >= 0.6 is 0 Å². The summed E-state index contributed by atoms with van der Waals surface area (Å²) in [6.45, 7) is 8.88. The van der Waals surface area contributed by atoms with Gasteiger partial charge in [-0.15, -0.1) is 0 Å². The average Bonchev–Trinajstić information content (AvgIpc) is 3.20. The van der Waals surface area contributed by atoms with Crippen LogP contribution in [0.5, 0.6) is 0 Å². The van der Waals surface area contributed by atoms with E-state index in [1.165, 1.54) is 10.4 Å². The number of hydrogen-bond acceptors (Lipinski definition) is 4. The Morgan fingerprint density at radius 2 is 1.34 bits per heavy atom. The van der Waals surface area contributed by atoms with E-state index >= 15 is 0 Å². The molecule has 1 aliphatic carbocycles. The lowest BCUT2D eigenvalue weighted by molar-refractivity contribution is -0.357. The highest BCUT2D eigenvalue weighted by Gasteiger charge is 2.56. The summed E-state index contributed by atoms with van der Waals surface area (Å²) in [4.78, 5) is 11.9. The molecule has 2 fully saturated rings. The summed E-state index contributed by atoms with van der Waals surface area (Å²) in [7, 11) is -2.66. The van der Waals surface area contributed by atoms with Crippen LogP contribution in [0.15, 0.2) is 91.0 Å². The fraction of sp³-hybridized carbons (Fsp3) is 0.400. The van der Waals surface area contributed by atoms with Crippen LogP contribution in [0.25, 0.3) is 0 Å². The first-order valence-electron chi connectivity index (χ1n) is 12.7. The summed E-state index contributed by atoms with van der Waals surface area (Å²) in [5.74, 6) is -1.74. The smallest absolute Gasteiger partial charge is 0.261 e. The lowest BCUT2D eigenvalue weighted by atomic mass is 9.91. The van der Waals surface area contributed by atoms with Gasteiger partial charge in [-0.1, -0.05) is 112 Å². The lowest BCUT2D eigenvalue weighted by Gasteiger charge is -2.47. The van der Waals surface area contributed by atoms with Crippen LogP contribution in [0, 0.1) is 0 Å². The first-order chi connectivity index (χ1) is 16.8. The quantitative estimate of drug-likeness (QED) is 0.323. The molecule has 3 aromatic rings. The van der Waals surface area contributed by atoms with E-state index in [0.717, 1.165) is 24.8 Å². The fourth-order valence-electron chi connectivity index (χ4n) is 5.75. The summed E-state index contributed by atoms with van der Waals surface area (Å²) < 4.78 is 14.0. The van der Waals surface area contributed by atoms with Gasteiger partial charge >= 0.3 is 0 Å². The van der Waals surface area contributed by atoms with Crippen molar-refractivity contribution in [3.8, 4) is 0 Å². The molecule has 4 nitrogen and oxygen atoms in total. The normalized spacial score (nSPS) is 27.3. The first kappa shape index (κ1) is 24.4. The second-order valence-corrected chi connectivity index (χ2v) is 15.2. The van der Waals surface area contributed by atoms with Gasteiger partial charge in [0.15, 0.2) is 0 Å². The molecule has 2 aliphatic rings. The lowest BCUT2D eigenvalue weighted by Crippen LogP contribution is -2.68. The molecule has 3 aromatic carbocycles. The molecule has 0 amide bonds. The Labute approximate surface area is 210 Å². The van der Waals surface area contributed by atoms with Crippen LogP contribution in [0.3, 0.4) is 0 Å². The topological polar surface area (TPSA) is 36.9 Å². The molecule has 1 heterocycles. The Morgan fingerprint density at radius 1 is 0.800 bits per heavy atom. The van der Waals surface area contributed by atoms with Gasteiger partial charge in [0.2, 0.25) is 11.6 Å². The van der Waals surface area contributed by atoms with E-state index in [4.69, 9.17) is 18.9 Å². The number of benzene rings is 3. The van der Waals surface area contributed by atoms with Crippen LogP contribution in [-0.4, -0.2) is 20.2 Å². The monoisotopic (exact) mass is 488 g/mol. The zero-order valence-corrected chi connectivity index (χ0v) is 22.2. The molecule has 1 spiro atoms. The number of ether oxygens (including phenoxy) is 1. The Kier molecular flexibility index (Phi) is 6.49. The van der Waals surface area contributed by atoms with E-state index < -0.39 is 19.9 Å². The molecule has 184 valence electrons. The highest BCUT2D eigenvalue weighted by atomic mass is 28.4. The summed E-state index contributed by atoms with van der Waals surface area (Å²) in [5.41, 5.74) is 0.951. The van der Waals surface area contributed by atoms with Crippen molar-refractivity contribution in [3.05, 3.63) is 96.6 Å². The first-order valence-corrected chi connectivity index (χ1v) is 14.6. The number of hydrogen-bond donors (Lipinski definition) is 0. The molecule has 1 aliphatic heterocycles. The van der Waals surface area contributed by atoms with Crippen LogP contribution in [0.4, 0.5) is 0 Å². The zero-order valence-electron chi connectivity index (χ0n) is 21.2. The SMILES string of the molecule is CC1(c2ccccc2)OO[C@@]2(CCC[C@@H](O[Si](c3ccccc3)(c3ccccc3)C(C)(C)C)C2)O1. The van der Waals surface area contributed by atoms with Gasteiger partial charge in [0.05, 0.1) is 6.10 Å². The molecule has 1 saturated carbocycles. The van der Waals surface area contributed by atoms with Crippen molar-refractivity contribution in [3.63, 3.8) is 0 Å². The van der Waals surface area contributed by atoms with E-state index in [-0.39, 0.29) is 11.1 Å². The minimum Gasteiger partial charge on any atom is -0.404 e. The Balaban J connectivity index is 1.48. The zero-order chi connectivity index (χ0) is 24.6. The average molecular weight is 489 g/mol. The summed E-state index contributed by atoms with van der Waals surface area (Å²) >= 11 is 0. The largest absolute Gasteiger partial charge is 0.404 e.